The summed E-state index contributed by atoms with van der Waals surface area (Å²) in [6.07, 6.45) is -0.00711. The molecule has 9 heteroatoms. The highest BCUT2D eigenvalue weighted by Crippen LogP contribution is 2.21. The molecule has 0 saturated heterocycles. The number of nitrogens with two attached hydrogens (primary N) is 1. The number of nitrogens with zero attached hydrogens (tertiary/aromatic N) is 3. The molecule has 0 spiro atoms. The molecule has 7 nitrogen and oxygen atoms in total. The van der Waals surface area contributed by atoms with Crippen LogP contribution in [0.2, 0.25) is 0 Å². The lowest BCUT2D eigenvalue weighted by Gasteiger charge is -2.23. The molecule has 1 rings (SSSR count). The molecule has 0 saturated carbocycles. The number of hydrogen-bond acceptors (Lipinski definition) is 5. The van der Waals surface area contributed by atoms with Crippen LogP contribution in [0.25, 0.3) is 0 Å². The van der Waals surface area contributed by atoms with Gasteiger partial charge in [0.2, 0.25) is 5.91 Å². The van der Waals surface area contributed by atoms with Crippen molar-refractivity contribution in [3.63, 3.8) is 0 Å². The molecule has 1 heterocycles. The summed E-state index contributed by atoms with van der Waals surface area (Å²) in [5.74, 6) is 0.364. The second-order valence-electron chi connectivity index (χ2n) is 6.33. The number of ether oxygens (including phenoxy) is 1. The number of hydrogen-bond donors (Lipinski definition) is 2. The summed E-state index contributed by atoms with van der Waals surface area (Å²) in [5, 5.41) is 6.21. The molecule has 1 aromatic heterocycles. The normalized spacial score (nSPS) is 13.1. The number of aliphatic imine (C=N–C) groups is 1. The van der Waals surface area contributed by atoms with Gasteiger partial charge in [0.25, 0.3) is 0 Å². The summed E-state index contributed by atoms with van der Waals surface area (Å²) in [5.41, 5.74) is 5.69. The van der Waals surface area contributed by atoms with Gasteiger partial charge in [-0.15, -0.1) is 35.3 Å². The third kappa shape index (κ3) is 7.45. The molecule has 0 aliphatic carbocycles. The number of methoxy groups -OCH3 is 1. The third-order valence-electron chi connectivity index (χ3n) is 3.66. The van der Waals surface area contributed by atoms with Crippen molar-refractivity contribution in [3.05, 3.63) is 16.1 Å². The second-order valence-corrected chi connectivity index (χ2v) is 7.22. The second kappa shape index (κ2) is 10.9. The summed E-state index contributed by atoms with van der Waals surface area (Å²) in [6, 6.07) is 0. The molecule has 3 N–H and O–H groups in total. The Morgan fingerprint density at radius 2 is 2.20 bits per heavy atom. The van der Waals surface area contributed by atoms with Gasteiger partial charge in [-0.1, -0.05) is 0 Å². The first-order valence-electron chi connectivity index (χ1n) is 7.97. The monoisotopic (exact) mass is 483 g/mol. The number of carbonyl (C=O) groups excluding carboxylic acids is 1. The van der Waals surface area contributed by atoms with E-state index in [-0.39, 0.29) is 36.0 Å². The molecule has 0 aliphatic rings. The van der Waals surface area contributed by atoms with E-state index in [9.17, 15) is 4.79 Å². The maximum atomic E-state index is 11.4. The van der Waals surface area contributed by atoms with Crippen LogP contribution in [0, 0.1) is 5.41 Å². The predicted molar refractivity (Wildman–Crippen MR) is 113 cm³/mol. The summed E-state index contributed by atoms with van der Waals surface area (Å²) in [4.78, 5) is 22.6. The minimum atomic E-state index is -0.677. The number of thiazole rings is 1. The van der Waals surface area contributed by atoms with Crippen LogP contribution in [-0.4, -0.2) is 49.0 Å². The first-order valence-corrected chi connectivity index (χ1v) is 8.85. The average molecular weight is 483 g/mol. The van der Waals surface area contributed by atoms with Crippen LogP contribution in [-0.2, 0) is 16.1 Å². The van der Waals surface area contributed by atoms with Crippen LogP contribution in [0.3, 0.4) is 0 Å². The van der Waals surface area contributed by atoms with E-state index in [1.165, 1.54) is 0 Å². The Hall–Kier alpha value is -0.940. The SMILES string of the molecule is CCNC(=NCC(C)(C)C(N)=O)N(C)Cc1csc(C(C)OC)n1.I. The van der Waals surface area contributed by atoms with E-state index in [2.05, 4.69) is 15.3 Å². The Bertz CT molecular complexity index is 577. The molecular formula is C16H30IN5O2S. The van der Waals surface area contributed by atoms with Crippen LogP contribution >= 0.6 is 35.3 Å². The fourth-order valence-electron chi connectivity index (χ4n) is 1.82. The van der Waals surface area contributed by atoms with Gasteiger partial charge in [-0.3, -0.25) is 9.79 Å². The molecule has 0 aromatic carbocycles. The van der Waals surface area contributed by atoms with E-state index in [4.69, 9.17) is 10.5 Å². The molecule has 1 unspecified atom stereocenters. The first kappa shape index (κ1) is 24.1. The first-order chi connectivity index (χ1) is 11.2. The van der Waals surface area contributed by atoms with Crippen molar-refractivity contribution < 1.29 is 9.53 Å². The molecule has 144 valence electrons. The van der Waals surface area contributed by atoms with Crippen LogP contribution < -0.4 is 11.1 Å². The Morgan fingerprint density at radius 1 is 1.56 bits per heavy atom. The van der Waals surface area contributed by atoms with Crippen molar-refractivity contribution in [2.75, 3.05) is 27.2 Å². The van der Waals surface area contributed by atoms with Crippen LogP contribution in [0.1, 0.15) is 44.5 Å². The van der Waals surface area contributed by atoms with Gasteiger partial charge in [-0.25, -0.2) is 4.98 Å². The Morgan fingerprint density at radius 3 is 2.72 bits per heavy atom. The number of amides is 1. The standard InChI is InChI=1S/C16H29N5O2S.HI/c1-7-18-15(19-10-16(3,4)14(17)22)21(5)8-12-9-24-13(20-12)11(2)23-6;/h9,11H,7-8,10H2,1-6H3,(H2,17,22)(H,18,19);1H. The van der Waals surface area contributed by atoms with E-state index in [1.807, 2.05) is 31.2 Å². The molecule has 0 bridgehead atoms. The molecular weight excluding hydrogens is 453 g/mol. The molecule has 25 heavy (non-hydrogen) atoms. The smallest absolute Gasteiger partial charge is 0.224 e. The van der Waals surface area contributed by atoms with Gasteiger partial charge in [0.1, 0.15) is 11.1 Å². The number of nitrogens with one attached hydrogen (secondary N) is 1. The quantitative estimate of drug-likeness (QED) is 0.337. The molecule has 0 fully saturated rings. The van der Waals surface area contributed by atoms with Crippen molar-refractivity contribution in [1.82, 2.24) is 15.2 Å². The summed E-state index contributed by atoms with van der Waals surface area (Å²) in [6.45, 7) is 9.26. The van der Waals surface area contributed by atoms with Gasteiger partial charge in [0.05, 0.1) is 24.2 Å². The average Bonchev–Trinajstić information content (AvgIpc) is 2.98. The number of aromatic nitrogens is 1. The zero-order valence-corrected chi connectivity index (χ0v) is 19.0. The summed E-state index contributed by atoms with van der Waals surface area (Å²) < 4.78 is 5.29. The fraction of sp³-hybridized carbons (Fsp3) is 0.688. The van der Waals surface area contributed by atoms with Crippen molar-refractivity contribution >= 4 is 47.2 Å². The minimum Gasteiger partial charge on any atom is -0.375 e. The number of carbonyl (C=O) groups is 1. The van der Waals surface area contributed by atoms with Crippen molar-refractivity contribution in [3.8, 4) is 0 Å². The van der Waals surface area contributed by atoms with Crippen molar-refractivity contribution in [2.45, 2.75) is 40.3 Å². The minimum absolute atomic E-state index is 0. The number of primary amides is 1. The van der Waals surface area contributed by atoms with Gasteiger partial charge in [-0.05, 0) is 27.7 Å². The summed E-state index contributed by atoms with van der Waals surface area (Å²) in [7, 11) is 3.62. The fourth-order valence-corrected chi connectivity index (χ4v) is 2.66. The van der Waals surface area contributed by atoms with Crippen molar-refractivity contribution in [2.24, 2.45) is 16.1 Å². The molecule has 1 atom stereocenters. The zero-order valence-electron chi connectivity index (χ0n) is 15.8. The maximum Gasteiger partial charge on any atom is 0.224 e. The van der Waals surface area contributed by atoms with Gasteiger partial charge >= 0.3 is 0 Å². The van der Waals surface area contributed by atoms with Crippen LogP contribution in [0.15, 0.2) is 10.4 Å². The highest BCUT2D eigenvalue weighted by atomic mass is 127. The van der Waals surface area contributed by atoms with E-state index in [1.54, 1.807) is 32.3 Å². The van der Waals surface area contributed by atoms with Gasteiger partial charge in [0, 0.05) is 26.1 Å². The van der Waals surface area contributed by atoms with Crippen LogP contribution in [0.4, 0.5) is 0 Å². The molecule has 1 amide bonds. The Kier molecular flexibility index (Phi) is 10.5. The highest BCUT2D eigenvalue weighted by Gasteiger charge is 2.25. The van der Waals surface area contributed by atoms with Crippen LogP contribution in [0.5, 0.6) is 0 Å². The van der Waals surface area contributed by atoms with Gasteiger partial charge < -0.3 is 20.7 Å². The Labute approximate surface area is 171 Å². The van der Waals surface area contributed by atoms with E-state index in [0.29, 0.717) is 13.1 Å². The van der Waals surface area contributed by atoms with Gasteiger partial charge in [-0.2, -0.15) is 0 Å². The number of halogens is 1. The Balaban J connectivity index is 0.00000576. The summed E-state index contributed by atoms with van der Waals surface area (Å²) >= 11 is 1.59. The lowest BCUT2D eigenvalue weighted by atomic mass is 9.93. The number of rotatable bonds is 8. The lowest BCUT2D eigenvalue weighted by Crippen LogP contribution is -2.41. The largest absolute Gasteiger partial charge is 0.375 e. The van der Waals surface area contributed by atoms with E-state index >= 15 is 0 Å². The zero-order chi connectivity index (χ0) is 18.3. The topological polar surface area (TPSA) is 92.8 Å². The third-order valence-corrected chi connectivity index (χ3v) is 4.71. The molecule has 1 aromatic rings. The molecule has 0 radical (unpaired) electrons. The van der Waals surface area contributed by atoms with Crippen molar-refractivity contribution in [1.29, 1.82) is 0 Å². The molecule has 0 aliphatic heterocycles. The highest BCUT2D eigenvalue weighted by molar-refractivity contribution is 14.0. The lowest BCUT2D eigenvalue weighted by molar-refractivity contribution is -0.125. The predicted octanol–water partition coefficient (Wildman–Crippen LogP) is 2.38. The van der Waals surface area contributed by atoms with E-state index in [0.717, 1.165) is 23.2 Å². The van der Waals surface area contributed by atoms with Gasteiger partial charge in [0.15, 0.2) is 5.96 Å². The number of guanidine groups is 1. The maximum absolute atomic E-state index is 11.4. The van der Waals surface area contributed by atoms with E-state index < -0.39 is 5.41 Å².